The van der Waals surface area contributed by atoms with Crippen LogP contribution in [0.4, 0.5) is 5.13 Å². The Hall–Kier alpha value is -1.21. The van der Waals surface area contributed by atoms with Gasteiger partial charge in [0.2, 0.25) is 11.0 Å². The summed E-state index contributed by atoms with van der Waals surface area (Å²) in [5, 5.41) is 12.2. The first kappa shape index (κ1) is 8.88. The second kappa shape index (κ2) is 3.98. The van der Waals surface area contributed by atoms with Crippen LogP contribution in [0.15, 0.2) is 6.33 Å². The van der Waals surface area contributed by atoms with Gasteiger partial charge in [-0.3, -0.25) is 4.79 Å². The fraction of sp³-hybridized carbons (Fsp3) is 0.400. The quantitative estimate of drug-likeness (QED) is 0.550. The van der Waals surface area contributed by atoms with Crippen LogP contribution in [0.3, 0.4) is 0 Å². The highest BCUT2D eigenvalue weighted by atomic mass is 32.1. The first-order valence-electron chi connectivity index (χ1n) is 3.18. The van der Waals surface area contributed by atoms with Crippen LogP contribution in [0.2, 0.25) is 0 Å². The predicted molar refractivity (Wildman–Crippen MR) is 43.6 cm³/mol. The molecule has 6 nitrogen and oxygen atoms in total. The van der Waals surface area contributed by atoms with Crippen molar-refractivity contribution >= 4 is 22.6 Å². The molecule has 0 aliphatic carbocycles. The Kier molecular flexibility index (Phi) is 2.94. The van der Waals surface area contributed by atoms with E-state index in [4.69, 9.17) is 10.8 Å². The Labute approximate surface area is 72.6 Å². The SMILES string of the molecule is NC(=O)C(O)CNc1ncns1. The maximum absolute atomic E-state index is 10.4. The molecule has 1 heterocycles. The van der Waals surface area contributed by atoms with Crippen molar-refractivity contribution in [1.82, 2.24) is 9.36 Å². The lowest BCUT2D eigenvalue weighted by Gasteiger charge is -2.05. The molecule has 1 aromatic heterocycles. The minimum Gasteiger partial charge on any atom is -0.381 e. The van der Waals surface area contributed by atoms with Crippen molar-refractivity contribution in [2.45, 2.75) is 6.10 Å². The fourth-order valence-electron chi connectivity index (χ4n) is 0.536. The zero-order chi connectivity index (χ0) is 8.97. The molecule has 1 atom stereocenters. The van der Waals surface area contributed by atoms with Gasteiger partial charge < -0.3 is 16.2 Å². The van der Waals surface area contributed by atoms with Crippen LogP contribution in [0.25, 0.3) is 0 Å². The van der Waals surface area contributed by atoms with Crippen LogP contribution in [0.1, 0.15) is 0 Å². The number of aliphatic hydroxyl groups is 1. The van der Waals surface area contributed by atoms with Gasteiger partial charge in [-0.05, 0) is 0 Å². The molecule has 0 saturated heterocycles. The molecule has 1 amide bonds. The Morgan fingerprint density at radius 2 is 2.67 bits per heavy atom. The summed E-state index contributed by atoms with van der Waals surface area (Å²) >= 11 is 1.14. The number of primary amides is 1. The van der Waals surface area contributed by atoms with Crippen LogP contribution in [-0.4, -0.2) is 33.0 Å². The van der Waals surface area contributed by atoms with E-state index in [2.05, 4.69) is 14.7 Å². The number of anilines is 1. The summed E-state index contributed by atoms with van der Waals surface area (Å²) in [5.41, 5.74) is 4.81. The molecule has 12 heavy (non-hydrogen) atoms. The number of carbonyl (C=O) groups is 1. The summed E-state index contributed by atoms with van der Waals surface area (Å²) < 4.78 is 3.72. The first-order chi connectivity index (χ1) is 5.70. The zero-order valence-electron chi connectivity index (χ0n) is 6.10. The van der Waals surface area contributed by atoms with Crippen molar-refractivity contribution in [3.8, 4) is 0 Å². The number of hydrogen-bond donors (Lipinski definition) is 3. The van der Waals surface area contributed by atoms with Crippen molar-refractivity contribution in [2.24, 2.45) is 5.73 Å². The lowest BCUT2D eigenvalue weighted by Crippen LogP contribution is -2.34. The van der Waals surface area contributed by atoms with Gasteiger partial charge in [-0.2, -0.15) is 4.37 Å². The Balaban J connectivity index is 2.31. The van der Waals surface area contributed by atoms with Gasteiger partial charge >= 0.3 is 0 Å². The molecule has 1 aromatic rings. The van der Waals surface area contributed by atoms with E-state index >= 15 is 0 Å². The van der Waals surface area contributed by atoms with Crippen LogP contribution in [-0.2, 0) is 4.79 Å². The molecule has 7 heteroatoms. The minimum atomic E-state index is -1.19. The average molecular weight is 188 g/mol. The molecule has 4 N–H and O–H groups in total. The van der Waals surface area contributed by atoms with Crippen molar-refractivity contribution in [1.29, 1.82) is 0 Å². The van der Waals surface area contributed by atoms with E-state index in [0.29, 0.717) is 5.13 Å². The molecule has 0 aliphatic heterocycles. The number of amides is 1. The largest absolute Gasteiger partial charge is 0.381 e. The monoisotopic (exact) mass is 188 g/mol. The van der Waals surface area contributed by atoms with E-state index in [-0.39, 0.29) is 6.54 Å². The predicted octanol–water partition coefficient (Wildman–Crippen LogP) is -1.20. The molecular formula is C5H8N4O2S. The highest BCUT2D eigenvalue weighted by Gasteiger charge is 2.10. The van der Waals surface area contributed by atoms with E-state index in [1.54, 1.807) is 0 Å². The highest BCUT2D eigenvalue weighted by molar-refractivity contribution is 7.09. The van der Waals surface area contributed by atoms with Crippen LogP contribution < -0.4 is 11.1 Å². The number of rotatable bonds is 4. The number of aromatic nitrogens is 2. The van der Waals surface area contributed by atoms with Crippen molar-refractivity contribution in [3.63, 3.8) is 0 Å². The smallest absolute Gasteiger partial charge is 0.248 e. The average Bonchev–Trinajstić information content (AvgIpc) is 2.51. The first-order valence-corrected chi connectivity index (χ1v) is 3.95. The molecule has 0 bridgehead atoms. The van der Waals surface area contributed by atoms with E-state index < -0.39 is 12.0 Å². The molecule has 0 spiro atoms. The van der Waals surface area contributed by atoms with E-state index in [1.807, 2.05) is 0 Å². The summed E-state index contributed by atoms with van der Waals surface area (Å²) in [5.74, 6) is -0.757. The van der Waals surface area contributed by atoms with E-state index in [1.165, 1.54) is 6.33 Å². The third-order valence-electron chi connectivity index (χ3n) is 1.14. The van der Waals surface area contributed by atoms with Gasteiger partial charge in [-0.1, -0.05) is 0 Å². The van der Waals surface area contributed by atoms with Crippen molar-refractivity contribution in [3.05, 3.63) is 6.33 Å². The fourth-order valence-corrected chi connectivity index (χ4v) is 0.972. The molecule has 0 aromatic carbocycles. The summed E-state index contributed by atoms with van der Waals surface area (Å²) in [4.78, 5) is 14.1. The highest BCUT2D eigenvalue weighted by Crippen LogP contribution is 2.05. The number of nitrogens with two attached hydrogens (primary N) is 1. The van der Waals surface area contributed by atoms with Crippen LogP contribution in [0, 0.1) is 0 Å². The summed E-state index contributed by atoms with van der Waals surface area (Å²) in [7, 11) is 0. The normalized spacial score (nSPS) is 12.4. The Bertz CT molecular complexity index is 250. The number of nitrogens with one attached hydrogen (secondary N) is 1. The molecule has 0 radical (unpaired) electrons. The standard InChI is InChI=1S/C5H8N4O2S/c6-4(11)3(10)1-7-5-8-2-9-12-5/h2-3,10H,1H2,(H2,6,11)(H,7,8,9). The second-order valence-corrected chi connectivity index (χ2v) is 2.83. The molecule has 0 aliphatic rings. The topological polar surface area (TPSA) is 101 Å². The third kappa shape index (κ3) is 2.44. The lowest BCUT2D eigenvalue weighted by molar-refractivity contribution is -0.125. The Morgan fingerprint density at radius 1 is 1.92 bits per heavy atom. The second-order valence-electron chi connectivity index (χ2n) is 2.05. The number of aliphatic hydroxyl groups excluding tert-OH is 1. The van der Waals surface area contributed by atoms with E-state index in [0.717, 1.165) is 11.5 Å². The molecule has 0 saturated carbocycles. The Morgan fingerprint density at radius 3 is 3.17 bits per heavy atom. The van der Waals surface area contributed by atoms with Gasteiger partial charge in [-0.15, -0.1) is 0 Å². The number of carbonyl (C=O) groups excluding carboxylic acids is 1. The maximum atomic E-state index is 10.4. The number of nitrogens with zero attached hydrogens (tertiary/aromatic N) is 2. The van der Waals surface area contributed by atoms with Crippen LogP contribution >= 0.6 is 11.5 Å². The minimum absolute atomic E-state index is 0.0600. The van der Waals surface area contributed by atoms with Gasteiger partial charge in [0.15, 0.2) is 0 Å². The summed E-state index contributed by atoms with van der Waals surface area (Å²) in [6.07, 6.45) is 0.192. The molecule has 0 fully saturated rings. The summed E-state index contributed by atoms with van der Waals surface area (Å²) in [6.45, 7) is 0.0600. The van der Waals surface area contributed by atoms with Crippen molar-refractivity contribution in [2.75, 3.05) is 11.9 Å². The van der Waals surface area contributed by atoms with Crippen LogP contribution in [0.5, 0.6) is 0 Å². The summed E-state index contributed by atoms with van der Waals surface area (Å²) in [6, 6.07) is 0. The molecule has 66 valence electrons. The third-order valence-corrected chi connectivity index (χ3v) is 1.76. The van der Waals surface area contributed by atoms with Gasteiger partial charge in [0.25, 0.3) is 0 Å². The molecule has 1 unspecified atom stereocenters. The van der Waals surface area contributed by atoms with Gasteiger partial charge in [0.05, 0.1) is 6.54 Å². The molecular weight excluding hydrogens is 180 g/mol. The number of hydrogen-bond acceptors (Lipinski definition) is 6. The lowest BCUT2D eigenvalue weighted by atomic mass is 10.3. The van der Waals surface area contributed by atoms with Gasteiger partial charge in [-0.25, -0.2) is 4.98 Å². The van der Waals surface area contributed by atoms with Crippen molar-refractivity contribution < 1.29 is 9.90 Å². The molecule has 1 rings (SSSR count). The van der Waals surface area contributed by atoms with E-state index in [9.17, 15) is 4.79 Å². The maximum Gasteiger partial charge on any atom is 0.248 e. The van der Waals surface area contributed by atoms with Gasteiger partial charge in [0.1, 0.15) is 12.4 Å². The van der Waals surface area contributed by atoms with Gasteiger partial charge in [0, 0.05) is 11.5 Å². The zero-order valence-corrected chi connectivity index (χ0v) is 6.91.